The van der Waals surface area contributed by atoms with Crippen LogP contribution in [0.5, 0.6) is 0 Å². The number of hydrogen-bond acceptors (Lipinski definition) is 4. The Morgan fingerprint density at radius 3 is 2.60 bits per heavy atom. The third-order valence-corrected chi connectivity index (χ3v) is 5.74. The van der Waals surface area contributed by atoms with E-state index < -0.39 is 5.41 Å². The summed E-state index contributed by atoms with van der Waals surface area (Å²) >= 11 is 0. The average molecular weight is 341 g/mol. The molecule has 2 aliphatic heterocycles. The summed E-state index contributed by atoms with van der Waals surface area (Å²) in [6, 6.07) is 12.5. The van der Waals surface area contributed by atoms with Crippen molar-refractivity contribution in [3.05, 3.63) is 35.9 Å². The molecule has 0 spiro atoms. The van der Waals surface area contributed by atoms with E-state index in [2.05, 4.69) is 11.0 Å². The summed E-state index contributed by atoms with van der Waals surface area (Å²) in [4.78, 5) is 17.0. The molecule has 1 aromatic rings. The Morgan fingerprint density at radius 1 is 1.24 bits per heavy atom. The van der Waals surface area contributed by atoms with E-state index in [1.807, 2.05) is 35.2 Å². The van der Waals surface area contributed by atoms with Crippen LogP contribution in [0, 0.1) is 17.2 Å². The van der Waals surface area contributed by atoms with Gasteiger partial charge in [0.25, 0.3) is 0 Å². The standard InChI is InChI=1S/C20H27N3O2/c21-16-20(18-6-2-1-3-7-18)8-11-23(12-9-20)19(25)17-5-4-10-22(15-17)13-14-24/h1-3,6-7,17,24H,4-5,8-15H2/t17-/m1/s1. The molecule has 1 N–H and O–H groups in total. The van der Waals surface area contributed by atoms with Crippen LogP contribution < -0.4 is 0 Å². The number of aliphatic hydroxyl groups excluding tert-OH is 1. The van der Waals surface area contributed by atoms with Crippen LogP contribution in [0.25, 0.3) is 0 Å². The van der Waals surface area contributed by atoms with Crippen LogP contribution >= 0.6 is 0 Å². The molecule has 2 aliphatic rings. The number of carbonyl (C=O) groups is 1. The van der Waals surface area contributed by atoms with Gasteiger partial charge in [-0.3, -0.25) is 4.79 Å². The summed E-state index contributed by atoms with van der Waals surface area (Å²) in [5.41, 5.74) is 0.601. The zero-order valence-corrected chi connectivity index (χ0v) is 14.7. The molecule has 0 unspecified atom stereocenters. The Bertz CT molecular complexity index is 616. The Morgan fingerprint density at radius 2 is 1.96 bits per heavy atom. The van der Waals surface area contributed by atoms with E-state index in [-0.39, 0.29) is 18.4 Å². The first-order valence-corrected chi connectivity index (χ1v) is 9.27. The molecule has 5 heteroatoms. The maximum absolute atomic E-state index is 12.9. The van der Waals surface area contributed by atoms with Gasteiger partial charge >= 0.3 is 0 Å². The zero-order valence-electron chi connectivity index (χ0n) is 14.7. The van der Waals surface area contributed by atoms with Crippen LogP contribution in [0.1, 0.15) is 31.2 Å². The fraction of sp³-hybridized carbons (Fsp3) is 0.600. The van der Waals surface area contributed by atoms with Crippen molar-refractivity contribution in [1.82, 2.24) is 9.80 Å². The molecule has 1 aromatic carbocycles. The maximum Gasteiger partial charge on any atom is 0.226 e. The number of amides is 1. The van der Waals surface area contributed by atoms with Gasteiger partial charge in [0.2, 0.25) is 5.91 Å². The van der Waals surface area contributed by atoms with Gasteiger partial charge in [0.1, 0.15) is 0 Å². The first kappa shape index (κ1) is 17.9. The van der Waals surface area contributed by atoms with Crippen LogP contribution in [0.15, 0.2) is 30.3 Å². The lowest BCUT2D eigenvalue weighted by atomic mass is 9.74. The molecule has 3 rings (SSSR count). The van der Waals surface area contributed by atoms with E-state index >= 15 is 0 Å². The molecular weight excluding hydrogens is 314 g/mol. The van der Waals surface area contributed by atoms with Crippen LogP contribution in [-0.4, -0.2) is 60.1 Å². The number of carbonyl (C=O) groups excluding carboxylic acids is 1. The number of rotatable bonds is 4. The molecule has 25 heavy (non-hydrogen) atoms. The molecule has 2 saturated heterocycles. The van der Waals surface area contributed by atoms with Crippen LogP contribution in [-0.2, 0) is 10.2 Å². The lowest BCUT2D eigenvalue weighted by molar-refractivity contribution is -0.138. The highest BCUT2D eigenvalue weighted by atomic mass is 16.3. The summed E-state index contributed by atoms with van der Waals surface area (Å²) in [5.74, 6) is 0.258. The average Bonchev–Trinajstić information content (AvgIpc) is 2.69. The molecule has 0 radical (unpaired) electrons. The number of hydrogen-bond donors (Lipinski definition) is 1. The van der Waals surface area contributed by atoms with E-state index in [0.717, 1.165) is 31.5 Å². The van der Waals surface area contributed by atoms with Crippen LogP contribution in [0.3, 0.4) is 0 Å². The predicted molar refractivity (Wildman–Crippen MR) is 95.8 cm³/mol. The number of likely N-dealkylation sites (tertiary alicyclic amines) is 2. The molecule has 2 fully saturated rings. The highest BCUT2D eigenvalue weighted by molar-refractivity contribution is 5.79. The predicted octanol–water partition coefficient (Wildman–Crippen LogP) is 1.77. The second-order valence-corrected chi connectivity index (χ2v) is 7.25. The Hall–Kier alpha value is -1.90. The number of aliphatic hydroxyl groups is 1. The minimum atomic E-state index is -0.465. The molecule has 134 valence electrons. The Labute approximate surface area is 149 Å². The minimum Gasteiger partial charge on any atom is -0.395 e. The maximum atomic E-state index is 12.9. The first-order valence-electron chi connectivity index (χ1n) is 9.27. The van der Waals surface area contributed by atoms with Gasteiger partial charge in [-0.1, -0.05) is 30.3 Å². The fourth-order valence-corrected chi connectivity index (χ4v) is 4.19. The molecule has 0 saturated carbocycles. The molecule has 0 aromatic heterocycles. The van der Waals surface area contributed by atoms with E-state index in [0.29, 0.717) is 32.5 Å². The quantitative estimate of drug-likeness (QED) is 0.906. The van der Waals surface area contributed by atoms with Crippen molar-refractivity contribution in [3.63, 3.8) is 0 Å². The number of nitrogens with zero attached hydrogens (tertiary/aromatic N) is 3. The third kappa shape index (κ3) is 3.86. The van der Waals surface area contributed by atoms with Crippen molar-refractivity contribution in [2.45, 2.75) is 31.1 Å². The van der Waals surface area contributed by atoms with Gasteiger partial charge in [-0.05, 0) is 37.8 Å². The van der Waals surface area contributed by atoms with Gasteiger partial charge in [0, 0.05) is 26.2 Å². The number of benzene rings is 1. The number of β-amino-alcohol motifs (C(OH)–C–C–N with tert-alkyl or cyclic N) is 1. The monoisotopic (exact) mass is 341 g/mol. The lowest BCUT2D eigenvalue weighted by Crippen LogP contribution is -2.50. The Balaban J connectivity index is 1.62. The van der Waals surface area contributed by atoms with E-state index in [1.165, 1.54) is 0 Å². The van der Waals surface area contributed by atoms with Crippen molar-refractivity contribution in [1.29, 1.82) is 5.26 Å². The summed E-state index contributed by atoms with van der Waals surface area (Å²) in [5, 5.41) is 18.9. The molecule has 0 aliphatic carbocycles. The largest absolute Gasteiger partial charge is 0.395 e. The van der Waals surface area contributed by atoms with E-state index in [4.69, 9.17) is 5.11 Å². The second kappa shape index (κ2) is 7.99. The Kier molecular flexibility index (Phi) is 5.72. The fourth-order valence-electron chi connectivity index (χ4n) is 4.19. The summed E-state index contributed by atoms with van der Waals surface area (Å²) in [7, 11) is 0. The number of piperidine rings is 2. The molecule has 1 amide bonds. The number of nitriles is 1. The lowest BCUT2D eigenvalue weighted by Gasteiger charge is -2.40. The van der Waals surface area contributed by atoms with Gasteiger partial charge < -0.3 is 14.9 Å². The molecular formula is C20H27N3O2. The van der Waals surface area contributed by atoms with Gasteiger partial charge in [-0.2, -0.15) is 5.26 Å². The van der Waals surface area contributed by atoms with Crippen LogP contribution in [0.2, 0.25) is 0 Å². The molecule has 5 nitrogen and oxygen atoms in total. The van der Waals surface area contributed by atoms with Crippen molar-refractivity contribution in [2.75, 3.05) is 39.3 Å². The van der Waals surface area contributed by atoms with Crippen molar-refractivity contribution < 1.29 is 9.90 Å². The van der Waals surface area contributed by atoms with Gasteiger partial charge in [0.05, 0.1) is 24.0 Å². The SMILES string of the molecule is N#CC1(c2ccccc2)CCN(C(=O)[C@@H]2CCCN(CCO)C2)CC1. The molecule has 2 heterocycles. The van der Waals surface area contributed by atoms with Gasteiger partial charge in [-0.25, -0.2) is 0 Å². The summed E-state index contributed by atoms with van der Waals surface area (Å²) < 4.78 is 0. The van der Waals surface area contributed by atoms with Gasteiger partial charge in [0.15, 0.2) is 0 Å². The zero-order chi connectivity index (χ0) is 17.7. The van der Waals surface area contributed by atoms with E-state index in [1.54, 1.807) is 0 Å². The molecule has 1 atom stereocenters. The summed E-state index contributed by atoms with van der Waals surface area (Å²) in [6.07, 6.45) is 3.34. The highest BCUT2D eigenvalue weighted by Gasteiger charge is 2.39. The third-order valence-electron chi connectivity index (χ3n) is 5.74. The molecule has 0 bridgehead atoms. The van der Waals surface area contributed by atoms with Gasteiger partial charge in [-0.15, -0.1) is 0 Å². The first-order chi connectivity index (χ1) is 12.2. The van der Waals surface area contributed by atoms with Crippen LogP contribution in [0.4, 0.5) is 0 Å². The smallest absolute Gasteiger partial charge is 0.226 e. The van der Waals surface area contributed by atoms with E-state index in [9.17, 15) is 10.1 Å². The minimum absolute atomic E-state index is 0.0339. The normalized spacial score (nSPS) is 23.8. The summed E-state index contributed by atoms with van der Waals surface area (Å²) in [6.45, 7) is 3.81. The topological polar surface area (TPSA) is 67.6 Å². The van der Waals surface area contributed by atoms with Crippen molar-refractivity contribution in [3.8, 4) is 6.07 Å². The van der Waals surface area contributed by atoms with Crippen molar-refractivity contribution in [2.24, 2.45) is 5.92 Å². The highest BCUT2D eigenvalue weighted by Crippen LogP contribution is 2.35. The van der Waals surface area contributed by atoms with Crippen molar-refractivity contribution >= 4 is 5.91 Å². The second-order valence-electron chi connectivity index (χ2n) is 7.25.